The average Bonchev–Trinajstić information content (AvgIpc) is 3.22. The highest BCUT2D eigenvalue weighted by molar-refractivity contribution is 6.77. The maximum atomic E-state index is 12.8. The van der Waals surface area contributed by atoms with Crippen molar-refractivity contribution in [2.75, 3.05) is 0 Å². The van der Waals surface area contributed by atoms with Crippen molar-refractivity contribution in [2.45, 2.75) is 109 Å². The molecular formula is C18H38N2O2Si. The van der Waals surface area contributed by atoms with Crippen LogP contribution in [0.3, 0.4) is 0 Å². The Morgan fingerprint density at radius 3 is 1.96 bits per heavy atom. The lowest BCUT2D eigenvalue weighted by molar-refractivity contribution is -0.129. The Labute approximate surface area is 144 Å². The van der Waals surface area contributed by atoms with Gasteiger partial charge in [0.05, 0.1) is 0 Å². The SMILES string of the molecule is CCC[C@H](N)C(O[Si](C(C)C)(C(C)C)C(C)C)C(=O)NC1CC1. The third-order valence-electron chi connectivity index (χ3n) is 5.23. The summed E-state index contributed by atoms with van der Waals surface area (Å²) in [4.78, 5) is 12.8. The molecule has 0 aromatic rings. The predicted molar refractivity (Wildman–Crippen MR) is 100.0 cm³/mol. The van der Waals surface area contributed by atoms with Crippen molar-refractivity contribution in [3.05, 3.63) is 0 Å². The van der Waals surface area contributed by atoms with Crippen LogP contribution < -0.4 is 11.1 Å². The van der Waals surface area contributed by atoms with E-state index in [1.807, 2.05) is 0 Å². The first kappa shape index (κ1) is 20.7. The van der Waals surface area contributed by atoms with Crippen LogP contribution in [0.25, 0.3) is 0 Å². The summed E-state index contributed by atoms with van der Waals surface area (Å²) in [6, 6.07) is 0.123. The van der Waals surface area contributed by atoms with Gasteiger partial charge in [-0.1, -0.05) is 54.9 Å². The zero-order chi connectivity index (χ0) is 17.8. The van der Waals surface area contributed by atoms with Gasteiger partial charge in [0.25, 0.3) is 0 Å². The lowest BCUT2D eigenvalue weighted by Gasteiger charge is -2.45. The minimum Gasteiger partial charge on any atom is -0.403 e. The van der Waals surface area contributed by atoms with Crippen molar-refractivity contribution in [3.8, 4) is 0 Å². The number of amides is 1. The fourth-order valence-electron chi connectivity index (χ4n) is 3.96. The predicted octanol–water partition coefficient (Wildman–Crippen LogP) is 3.95. The van der Waals surface area contributed by atoms with Crippen LogP contribution >= 0.6 is 0 Å². The summed E-state index contributed by atoms with van der Waals surface area (Å²) in [5, 5.41) is 3.11. The fraction of sp³-hybridized carbons (Fsp3) is 0.944. The molecular weight excluding hydrogens is 304 g/mol. The van der Waals surface area contributed by atoms with Crippen LogP contribution in [-0.2, 0) is 9.22 Å². The number of rotatable bonds is 10. The largest absolute Gasteiger partial charge is 0.403 e. The van der Waals surface area contributed by atoms with Gasteiger partial charge < -0.3 is 15.5 Å². The van der Waals surface area contributed by atoms with Gasteiger partial charge in [-0.3, -0.25) is 4.79 Å². The fourth-order valence-corrected chi connectivity index (χ4v) is 9.50. The van der Waals surface area contributed by atoms with Crippen LogP contribution in [0.2, 0.25) is 16.6 Å². The number of hydrogen-bond acceptors (Lipinski definition) is 3. The number of nitrogens with one attached hydrogen (secondary N) is 1. The minimum absolute atomic E-state index is 0.00674. The molecule has 1 aliphatic carbocycles. The van der Waals surface area contributed by atoms with Gasteiger partial charge in [-0.25, -0.2) is 0 Å². The van der Waals surface area contributed by atoms with Crippen LogP contribution in [0.5, 0.6) is 0 Å². The van der Waals surface area contributed by atoms with Crippen molar-refractivity contribution in [1.29, 1.82) is 0 Å². The number of carbonyl (C=O) groups is 1. The Bertz CT molecular complexity index is 359. The summed E-state index contributed by atoms with van der Waals surface area (Å²) in [6.07, 6.45) is 3.46. The first-order valence-electron chi connectivity index (χ1n) is 9.40. The summed E-state index contributed by atoms with van der Waals surface area (Å²) in [6.45, 7) is 15.6. The Kier molecular flexibility index (Phi) is 7.75. The molecule has 3 N–H and O–H groups in total. The monoisotopic (exact) mass is 342 g/mol. The van der Waals surface area contributed by atoms with Crippen LogP contribution in [0, 0.1) is 0 Å². The van der Waals surface area contributed by atoms with Crippen molar-refractivity contribution < 1.29 is 9.22 Å². The van der Waals surface area contributed by atoms with E-state index in [4.69, 9.17) is 10.2 Å². The molecule has 1 unspecified atom stereocenters. The molecule has 136 valence electrons. The van der Waals surface area contributed by atoms with Gasteiger partial charge in [0.1, 0.15) is 6.10 Å². The van der Waals surface area contributed by atoms with Crippen molar-refractivity contribution in [1.82, 2.24) is 5.32 Å². The van der Waals surface area contributed by atoms with Gasteiger partial charge in [-0.05, 0) is 35.9 Å². The second-order valence-corrected chi connectivity index (χ2v) is 13.5. The van der Waals surface area contributed by atoms with Crippen molar-refractivity contribution in [3.63, 3.8) is 0 Å². The summed E-state index contributed by atoms with van der Waals surface area (Å²) < 4.78 is 6.73. The van der Waals surface area contributed by atoms with E-state index in [-0.39, 0.29) is 11.9 Å². The standard InChI is InChI=1S/C18H38N2O2Si/c1-8-9-16(19)17(18(21)20-15-10-11-15)22-23(12(2)3,13(4)5)14(6)7/h12-17H,8-11,19H2,1-7H3,(H,20,21)/t16-,17?/m0/s1. The zero-order valence-corrected chi connectivity index (χ0v) is 17.2. The lowest BCUT2D eigenvalue weighted by Crippen LogP contribution is -2.58. The molecule has 4 nitrogen and oxygen atoms in total. The maximum absolute atomic E-state index is 12.8. The zero-order valence-electron chi connectivity index (χ0n) is 16.2. The number of hydrogen-bond donors (Lipinski definition) is 2. The van der Waals surface area contributed by atoms with Gasteiger partial charge in [0.2, 0.25) is 14.2 Å². The normalized spacial score (nSPS) is 18.6. The summed E-state index contributed by atoms with van der Waals surface area (Å²) in [7, 11) is -2.12. The molecule has 1 amide bonds. The molecule has 0 aromatic carbocycles. The highest BCUT2D eigenvalue weighted by Crippen LogP contribution is 2.43. The molecule has 1 rings (SSSR count). The molecule has 5 heteroatoms. The second-order valence-electron chi connectivity index (χ2n) is 8.09. The van der Waals surface area contributed by atoms with E-state index in [1.165, 1.54) is 0 Å². The quantitative estimate of drug-likeness (QED) is 0.591. The number of carbonyl (C=O) groups excluding carboxylic acids is 1. The molecule has 0 heterocycles. The summed E-state index contributed by atoms with van der Waals surface area (Å²) in [5.74, 6) is 0.00674. The molecule has 2 atom stereocenters. The average molecular weight is 343 g/mol. The van der Waals surface area contributed by atoms with Crippen LogP contribution in [-0.4, -0.2) is 32.4 Å². The summed E-state index contributed by atoms with van der Waals surface area (Å²) >= 11 is 0. The van der Waals surface area contributed by atoms with E-state index in [2.05, 4.69) is 53.8 Å². The van der Waals surface area contributed by atoms with E-state index in [1.54, 1.807) is 0 Å². The third-order valence-corrected chi connectivity index (χ3v) is 11.3. The van der Waals surface area contributed by atoms with Gasteiger partial charge in [-0.2, -0.15) is 0 Å². The van der Waals surface area contributed by atoms with Gasteiger partial charge in [0.15, 0.2) is 0 Å². The van der Waals surface area contributed by atoms with Crippen molar-refractivity contribution in [2.24, 2.45) is 5.73 Å². The van der Waals surface area contributed by atoms with E-state index < -0.39 is 14.4 Å². The van der Waals surface area contributed by atoms with Gasteiger partial charge >= 0.3 is 0 Å². The Morgan fingerprint density at radius 2 is 1.61 bits per heavy atom. The molecule has 0 radical (unpaired) electrons. The molecule has 0 aliphatic heterocycles. The molecule has 1 aliphatic rings. The topological polar surface area (TPSA) is 64.3 Å². The number of nitrogens with two attached hydrogens (primary N) is 1. The smallest absolute Gasteiger partial charge is 0.249 e. The highest BCUT2D eigenvalue weighted by Gasteiger charge is 2.48. The first-order chi connectivity index (χ1) is 10.7. The maximum Gasteiger partial charge on any atom is 0.249 e. The molecule has 0 spiro atoms. The van der Waals surface area contributed by atoms with E-state index in [9.17, 15) is 4.79 Å². The molecule has 23 heavy (non-hydrogen) atoms. The van der Waals surface area contributed by atoms with Crippen LogP contribution in [0.4, 0.5) is 0 Å². The van der Waals surface area contributed by atoms with E-state index in [0.29, 0.717) is 22.7 Å². The second kappa shape index (κ2) is 8.63. The van der Waals surface area contributed by atoms with Gasteiger partial charge in [-0.15, -0.1) is 0 Å². The highest BCUT2D eigenvalue weighted by atomic mass is 28.4. The summed E-state index contributed by atoms with van der Waals surface area (Å²) in [5.41, 5.74) is 7.72. The van der Waals surface area contributed by atoms with Gasteiger partial charge in [0, 0.05) is 12.1 Å². The van der Waals surface area contributed by atoms with E-state index >= 15 is 0 Å². The van der Waals surface area contributed by atoms with E-state index in [0.717, 1.165) is 25.7 Å². The first-order valence-corrected chi connectivity index (χ1v) is 11.5. The van der Waals surface area contributed by atoms with Crippen LogP contribution in [0.15, 0.2) is 0 Å². The minimum atomic E-state index is -2.12. The lowest BCUT2D eigenvalue weighted by atomic mass is 10.1. The molecule has 0 aromatic heterocycles. The van der Waals surface area contributed by atoms with Crippen LogP contribution in [0.1, 0.15) is 74.1 Å². The van der Waals surface area contributed by atoms with Crippen molar-refractivity contribution >= 4 is 14.2 Å². The molecule has 1 fully saturated rings. The Morgan fingerprint density at radius 1 is 1.13 bits per heavy atom. The molecule has 1 saturated carbocycles. The molecule has 0 bridgehead atoms. The Hall–Kier alpha value is -0.393. The third kappa shape index (κ3) is 5.04. The Balaban J connectivity index is 3.04. The molecule has 0 saturated heterocycles.